The van der Waals surface area contributed by atoms with Crippen LogP contribution in [0.3, 0.4) is 0 Å². The SMILES string of the molecule is Cc1ccc(CN2CCC3(CC2)OCC(=O)N(C)[C@H]3C)s1. The molecule has 5 heteroatoms. The molecule has 1 atom stereocenters. The molecule has 2 saturated heterocycles. The van der Waals surface area contributed by atoms with Gasteiger partial charge in [-0.15, -0.1) is 11.3 Å². The summed E-state index contributed by atoms with van der Waals surface area (Å²) in [5, 5.41) is 0. The number of thiophene rings is 1. The molecule has 1 aromatic heterocycles. The maximum Gasteiger partial charge on any atom is 0.248 e. The van der Waals surface area contributed by atoms with E-state index in [0.717, 1.165) is 32.5 Å². The van der Waals surface area contributed by atoms with Crippen LogP contribution in [0.4, 0.5) is 0 Å². The Labute approximate surface area is 130 Å². The number of morpholine rings is 1. The zero-order chi connectivity index (χ0) is 15.0. The number of likely N-dealkylation sites (tertiary alicyclic amines) is 1. The van der Waals surface area contributed by atoms with Crippen molar-refractivity contribution in [3.63, 3.8) is 0 Å². The van der Waals surface area contributed by atoms with Crippen molar-refractivity contribution in [3.05, 3.63) is 21.9 Å². The van der Waals surface area contributed by atoms with E-state index in [1.165, 1.54) is 9.75 Å². The lowest BCUT2D eigenvalue weighted by Gasteiger charge is -2.50. The van der Waals surface area contributed by atoms with E-state index in [2.05, 4.69) is 30.9 Å². The van der Waals surface area contributed by atoms with Crippen molar-refractivity contribution in [1.29, 1.82) is 0 Å². The molecule has 116 valence electrons. The summed E-state index contributed by atoms with van der Waals surface area (Å²) < 4.78 is 5.99. The lowest BCUT2D eigenvalue weighted by molar-refractivity contribution is -0.183. The summed E-state index contributed by atoms with van der Waals surface area (Å²) in [7, 11) is 1.90. The molecule has 2 fully saturated rings. The molecule has 4 nitrogen and oxygen atoms in total. The Hall–Kier alpha value is -0.910. The number of nitrogens with zero attached hydrogens (tertiary/aromatic N) is 2. The summed E-state index contributed by atoms with van der Waals surface area (Å²) in [6.07, 6.45) is 2.02. The average Bonchev–Trinajstić information content (AvgIpc) is 2.89. The number of hydrogen-bond donors (Lipinski definition) is 0. The van der Waals surface area contributed by atoms with Crippen LogP contribution in [0.1, 0.15) is 29.5 Å². The summed E-state index contributed by atoms with van der Waals surface area (Å²) in [5.74, 6) is 0.101. The molecular formula is C16H24N2O2S. The first-order valence-electron chi connectivity index (χ1n) is 7.67. The summed E-state index contributed by atoms with van der Waals surface area (Å²) in [6, 6.07) is 4.60. The van der Waals surface area contributed by atoms with Crippen molar-refractivity contribution in [3.8, 4) is 0 Å². The molecule has 2 aliphatic heterocycles. The molecule has 21 heavy (non-hydrogen) atoms. The highest BCUT2D eigenvalue weighted by atomic mass is 32.1. The highest BCUT2D eigenvalue weighted by molar-refractivity contribution is 7.11. The summed E-state index contributed by atoms with van der Waals surface area (Å²) >= 11 is 1.88. The molecule has 1 aromatic rings. The fraction of sp³-hybridized carbons (Fsp3) is 0.688. The molecule has 0 aliphatic carbocycles. The number of rotatable bonds is 2. The number of likely N-dealkylation sites (N-methyl/N-ethyl adjacent to an activating group) is 1. The summed E-state index contributed by atoms with van der Waals surface area (Å²) in [5.41, 5.74) is -0.134. The monoisotopic (exact) mass is 308 g/mol. The predicted molar refractivity (Wildman–Crippen MR) is 84.5 cm³/mol. The van der Waals surface area contributed by atoms with E-state index in [1.54, 1.807) is 0 Å². The van der Waals surface area contributed by atoms with E-state index in [9.17, 15) is 4.79 Å². The molecule has 0 bridgehead atoms. The first kappa shape index (κ1) is 15.0. The average molecular weight is 308 g/mol. The Balaban J connectivity index is 1.60. The van der Waals surface area contributed by atoms with Crippen LogP contribution in [-0.2, 0) is 16.1 Å². The molecule has 3 rings (SSSR count). The van der Waals surface area contributed by atoms with E-state index in [-0.39, 0.29) is 24.2 Å². The maximum atomic E-state index is 11.7. The Kier molecular flexibility index (Phi) is 4.08. The van der Waals surface area contributed by atoms with E-state index in [1.807, 2.05) is 23.3 Å². The first-order valence-corrected chi connectivity index (χ1v) is 8.49. The van der Waals surface area contributed by atoms with Gasteiger partial charge in [-0.2, -0.15) is 0 Å². The maximum absolute atomic E-state index is 11.7. The topological polar surface area (TPSA) is 32.8 Å². The van der Waals surface area contributed by atoms with E-state index >= 15 is 0 Å². The first-order chi connectivity index (χ1) is 10.00. The fourth-order valence-corrected chi connectivity index (χ4v) is 4.37. The number of aryl methyl sites for hydroxylation is 1. The van der Waals surface area contributed by atoms with Crippen LogP contribution in [0, 0.1) is 6.92 Å². The zero-order valence-corrected chi connectivity index (χ0v) is 13.9. The Bertz CT molecular complexity index is 520. The minimum absolute atomic E-state index is 0.101. The third-order valence-corrected chi connectivity index (χ3v) is 6.08. The minimum Gasteiger partial charge on any atom is -0.363 e. The van der Waals surface area contributed by atoms with E-state index < -0.39 is 0 Å². The van der Waals surface area contributed by atoms with Crippen molar-refractivity contribution in [1.82, 2.24) is 9.80 Å². The highest BCUT2D eigenvalue weighted by Crippen LogP contribution is 2.35. The normalized spacial score (nSPS) is 26.5. The second-order valence-corrected chi connectivity index (χ2v) is 7.70. The van der Waals surface area contributed by atoms with Gasteiger partial charge in [0, 0.05) is 36.4 Å². The van der Waals surface area contributed by atoms with Crippen LogP contribution < -0.4 is 0 Å². The largest absolute Gasteiger partial charge is 0.363 e. The number of piperidine rings is 1. The second-order valence-electron chi connectivity index (χ2n) is 6.32. The molecule has 0 aromatic carbocycles. The molecule has 3 heterocycles. The van der Waals surface area contributed by atoms with Gasteiger partial charge in [0.15, 0.2) is 0 Å². The molecule has 0 radical (unpaired) electrons. The van der Waals surface area contributed by atoms with E-state index in [4.69, 9.17) is 4.74 Å². The van der Waals surface area contributed by atoms with Crippen LogP contribution in [-0.4, -0.2) is 54.1 Å². The lowest BCUT2D eigenvalue weighted by atomic mass is 9.83. The van der Waals surface area contributed by atoms with Crippen LogP contribution in [0.25, 0.3) is 0 Å². The van der Waals surface area contributed by atoms with Gasteiger partial charge in [0.1, 0.15) is 6.61 Å². The van der Waals surface area contributed by atoms with Gasteiger partial charge in [-0.1, -0.05) is 0 Å². The summed E-state index contributed by atoms with van der Waals surface area (Å²) in [4.78, 5) is 18.9. The number of hydrogen-bond acceptors (Lipinski definition) is 4. The van der Waals surface area contributed by atoms with E-state index in [0.29, 0.717) is 0 Å². The fourth-order valence-electron chi connectivity index (χ4n) is 3.44. The minimum atomic E-state index is -0.134. The van der Waals surface area contributed by atoms with Crippen molar-refractivity contribution in [2.24, 2.45) is 0 Å². The molecule has 1 amide bonds. The predicted octanol–water partition coefficient (Wildman–Crippen LogP) is 2.27. The highest BCUT2D eigenvalue weighted by Gasteiger charge is 2.46. The van der Waals surface area contributed by atoms with Crippen LogP contribution >= 0.6 is 11.3 Å². The van der Waals surface area contributed by atoms with Gasteiger partial charge < -0.3 is 9.64 Å². The van der Waals surface area contributed by atoms with Crippen LogP contribution in [0.15, 0.2) is 12.1 Å². The van der Waals surface area contributed by atoms with Crippen molar-refractivity contribution < 1.29 is 9.53 Å². The Morgan fingerprint density at radius 1 is 1.38 bits per heavy atom. The standard InChI is InChI=1S/C16H24N2O2S/c1-12-4-5-14(21-12)10-18-8-6-16(7-9-18)13(2)17(3)15(19)11-20-16/h4-5,13H,6-11H2,1-3H3/t13-/m0/s1. The zero-order valence-electron chi connectivity index (χ0n) is 13.1. The smallest absolute Gasteiger partial charge is 0.248 e. The lowest BCUT2D eigenvalue weighted by Crippen LogP contribution is -2.62. The second kappa shape index (κ2) is 5.71. The van der Waals surface area contributed by atoms with Crippen LogP contribution in [0.2, 0.25) is 0 Å². The molecule has 0 saturated carbocycles. The van der Waals surface area contributed by atoms with Gasteiger partial charge in [-0.25, -0.2) is 0 Å². The number of amides is 1. The molecule has 0 N–H and O–H groups in total. The number of carbonyl (C=O) groups is 1. The van der Waals surface area contributed by atoms with Crippen molar-refractivity contribution in [2.45, 2.75) is 44.9 Å². The number of carbonyl (C=O) groups excluding carboxylic acids is 1. The van der Waals surface area contributed by atoms with Gasteiger partial charge in [0.2, 0.25) is 5.91 Å². The third kappa shape index (κ3) is 2.87. The Morgan fingerprint density at radius 2 is 2.10 bits per heavy atom. The molecule has 0 unspecified atom stereocenters. The van der Waals surface area contributed by atoms with Gasteiger partial charge >= 0.3 is 0 Å². The van der Waals surface area contributed by atoms with Crippen molar-refractivity contribution >= 4 is 17.2 Å². The molecule has 2 aliphatic rings. The number of ether oxygens (including phenoxy) is 1. The summed E-state index contributed by atoms with van der Waals surface area (Å²) in [6.45, 7) is 7.65. The van der Waals surface area contributed by atoms with Gasteiger partial charge in [-0.3, -0.25) is 9.69 Å². The van der Waals surface area contributed by atoms with Gasteiger partial charge in [0.05, 0.1) is 11.6 Å². The van der Waals surface area contributed by atoms with Gasteiger partial charge in [-0.05, 0) is 38.8 Å². The van der Waals surface area contributed by atoms with Gasteiger partial charge in [0.25, 0.3) is 0 Å². The molecule has 1 spiro atoms. The molecular weight excluding hydrogens is 284 g/mol. The van der Waals surface area contributed by atoms with Crippen molar-refractivity contribution in [2.75, 3.05) is 26.7 Å². The third-order valence-electron chi connectivity index (χ3n) is 5.10. The van der Waals surface area contributed by atoms with Crippen LogP contribution in [0.5, 0.6) is 0 Å². The quantitative estimate of drug-likeness (QED) is 0.840. The Morgan fingerprint density at radius 3 is 2.71 bits per heavy atom.